The largest absolute Gasteiger partial charge is 0.469 e. The lowest BCUT2D eigenvalue weighted by Gasteiger charge is -2.26. The number of hydrogen-bond acceptors (Lipinski definition) is 12. The van der Waals surface area contributed by atoms with Crippen LogP contribution in [-0.2, 0) is 42.9 Å². The number of benzene rings is 1. The van der Waals surface area contributed by atoms with Crippen LogP contribution >= 0.6 is 23.2 Å². The van der Waals surface area contributed by atoms with Gasteiger partial charge in [-0.05, 0) is 75.9 Å². The van der Waals surface area contributed by atoms with Crippen molar-refractivity contribution < 1.29 is 47.7 Å². The molecular weight excluding hydrogens is 771 g/mol. The van der Waals surface area contributed by atoms with Crippen molar-refractivity contribution >= 4 is 58.8 Å². The van der Waals surface area contributed by atoms with E-state index in [1.165, 1.54) is 18.1 Å². The van der Waals surface area contributed by atoms with E-state index >= 15 is 0 Å². The number of nitrogens with two attached hydrogens (primary N) is 1. The molecule has 0 bridgehead atoms. The zero-order valence-electron chi connectivity index (χ0n) is 32.6. The second-order valence-corrected chi connectivity index (χ2v) is 14.3. The number of esters is 1. The highest BCUT2D eigenvalue weighted by molar-refractivity contribution is 6.34. The Morgan fingerprint density at radius 2 is 1.52 bits per heavy atom. The Bertz CT molecular complexity index is 1500. The number of hydrogen-bond donors (Lipinski definition) is 4. The lowest BCUT2D eigenvalue weighted by molar-refractivity contribution is -0.141. The molecule has 1 unspecified atom stereocenters. The first-order valence-electron chi connectivity index (χ1n) is 18.5. The molecule has 0 spiro atoms. The first kappa shape index (κ1) is 48.1. The van der Waals surface area contributed by atoms with E-state index in [2.05, 4.69) is 20.9 Å². The highest BCUT2D eigenvalue weighted by Crippen LogP contribution is 2.26. The quantitative estimate of drug-likeness (QED) is 0.0781. The van der Waals surface area contributed by atoms with Crippen LogP contribution in [0.3, 0.4) is 0 Å². The van der Waals surface area contributed by atoms with E-state index in [4.69, 9.17) is 52.6 Å². The number of pyridine rings is 1. The van der Waals surface area contributed by atoms with Crippen LogP contribution in [0.25, 0.3) is 0 Å². The van der Waals surface area contributed by atoms with Gasteiger partial charge in [-0.3, -0.25) is 24.1 Å². The number of methoxy groups -OCH3 is 1. The number of carbonyl (C=O) groups excluding carboxylic acids is 5. The summed E-state index contributed by atoms with van der Waals surface area (Å²) in [6.07, 6.45) is 1.36. The summed E-state index contributed by atoms with van der Waals surface area (Å²) in [6.45, 7) is 8.44. The van der Waals surface area contributed by atoms with Gasteiger partial charge in [0, 0.05) is 48.7 Å². The van der Waals surface area contributed by atoms with Crippen molar-refractivity contribution in [2.24, 2.45) is 5.73 Å². The van der Waals surface area contributed by atoms with Gasteiger partial charge in [0.1, 0.15) is 17.5 Å². The molecule has 5 N–H and O–H groups in total. The number of carbonyl (C=O) groups is 5. The summed E-state index contributed by atoms with van der Waals surface area (Å²) in [7, 11) is 1.22. The van der Waals surface area contributed by atoms with Crippen molar-refractivity contribution in [3.8, 4) is 0 Å². The highest BCUT2D eigenvalue weighted by Gasteiger charge is 2.28. The second-order valence-electron chi connectivity index (χ2n) is 13.5. The lowest BCUT2D eigenvalue weighted by Crippen LogP contribution is -2.48. The normalized spacial score (nSPS) is 12.3. The predicted molar refractivity (Wildman–Crippen MR) is 211 cm³/mol. The number of amides is 4. The summed E-state index contributed by atoms with van der Waals surface area (Å²) >= 11 is 12.4. The Morgan fingerprint density at radius 3 is 2.12 bits per heavy atom. The summed E-state index contributed by atoms with van der Waals surface area (Å²) in [5.41, 5.74) is 5.08. The number of anilines is 1. The summed E-state index contributed by atoms with van der Waals surface area (Å²) in [5.74, 6) is -1.66. The maximum atomic E-state index is 13.8. The van der Waals surface area contributed by atoms with Gasteiger partial charge in [-0.25, -0.2) is 9.78 Å². The van der Waals surface area contributed by atoms with Crippen molar-refractivity contribution in [2.75, 3.05) is 71.3 Å². The van der Waals surface area contributed by atoms with Crippen molar-refractivity contribution in [2.45, 2.75) is 77.0 Å². The molecule has 56 heavy (non-hydrogen) atoms. The smallest absolute Gasteiger partial charge is 0.416 e. The average Bonchev–Trinajstić information content (AvgIpc) is 3.14. The van der Waals surface area contributed by atoms with E-state index in [0.717, 1.165) is 0 Å². The fraction of sp³-hybridized carbons (Fsp3) is 0.579. The van der Waals surface area contributed by atoms with Crippen molar-refractivity contribution in [1.82, 2.24) is 20.9 Å². The molecule has 312 valence electrons. The number of unbranched alkanes of at least 4 members (excludes halogenated alkanes) is 1. The number of ether oxygens (including phenoxy) is 5. The molecule has 0 aliphatic heterocycles. The van der Waals surface area contributed by atoms with Crippen LogP contribution in [0.5, 0.6) is 0 Å². The first-order chi connectivity index (χ1) is 26.7. The SMILES string of the molecule is COC(=O)CC(NC(=O)[C@H](CCC(=O)NCCOCCOCCOCCN)NC(=O)CCCCN(C(=O)OC(C)(C)C)c1ccccn1)c1cc(Cl)cc(Cl)c1. The van der Waals surface area contributed by atoms with Gasteiger partial charge in [-0.2, -0.15) is 0 Å². The van der Waals surface area contributed by atoms with Gasteiger partial charge in [-0.1, -0.05) is 29.3 Å². The monoisotopic (exact) mass is 826 g/mol. The molecule has 0 saturated heterocycles. The van der Waals surface area contributed by atoms with Gasteiger partial charge in [0.05, 0.1) is 59.2 Å². The van der Waals surface area contributed by atoms with Crippen molar-refractivity contribution in [3.63, 3.8) is 0 Å². The molecule has 2 rings (SSSR count). The van der Waals surface area contributed by atoms with E-state index in [0.29, 0.717) is 63.8 Å². The topological polar surface area (TPSA) is 210 Å². The summed E-state index contributed by atoms with van der Waals surface area (Å²) in [6, 6.07) is 7.73. The molecule has 1 aromatic carbocycles. The van der Waals surface area contributed by atoms with Crippen molar-refractivity contribution in [3.05, 3.63) is 58.2 Å². The van der Waals surface area contributed by atoms with Crippen LogP contribution in [0.1, 0.15) is 70.9 Å². The molecular formula is C38H56Cl2N6O10. The van der Waals surface area contributed by atoms with E-state index in [1.54, 1.807) is 57.3 Å². The van der Waals surface area contributed by atoms with Crippen LogP contribution in [0.4, 0.5) is 10.6 Å². The Kier molecular flexibility index (Phi) is 23.0. The molecule has 0 radical (unpaired) electrons. The lowest BCUT2D eigenvalue weighted by atomic mass is 10.0. The molecule has 0 aliphatic carbocycles. The third-order valence-electron chi connectivity index (χ3n) is 7.66. The highest BCUT2D eigenvalue weighted by atomic mass is 35.5. The molecule has 18 heteroatoms. The van der Waals surface area contributed by atoms with Crippen LogP contribution in [0, 0.1) is 0 Å². The molecule has 1 aromatic heterocycles. The van der Waals surface area contributed by atoms with E-state index in [9.17, 15) is 24.0 Å². The van der Waals surface area contributed by atoms with Crippen molar-refractivity contribution in [1.29, 1.82) is 0 Å². The molecule has 2 atom stereocenters. The number of nitrogens with one attached hydrogen (secondary N) is 3. The van der Waals surface area contributed by atoms with Gasteiger partial charge in [0.25, 0.3) is 0 Å². The number of rotatable bonds is 26. The fourth-order valence-electron chi connectivity index (χ4n) is 5.02. The zero-order chi connectivity index (χ0) is 41.3. The molecule has 0 saturated carbocycles. The van der Waals surface area contributed by atoms with Crippen LogP contribution < -0.4 is 26.6 Å². The van der Waals surface area contributed by atoms with Gasteiger partial charge >= 0.3 is 12.1 Å². The fourth-order valence-corrected chi connectivity index (χ4v) is 5.57. The minimum atomic E-state index is -1.16. The summed E-state index contributed by atoms with van der Waals surface area (Å²) < 4.78 is 26.5. The van der Waals surface area contributed by atoms with Crippen LogP contribution in [-0.4, -0.2) is 113 Å². The van der Waals surface area contributed by atoms with Gasteiger partial charge in [-0.15, -0.1) is 0 Å². The third-order valence-corrected chi connectivity index (χ3v) is 8.10. The van der Waals surface area contributed by atoms with E-state index in [-0.39, 0.29) is 61.3 Å². The molecule has 16 nitrogen and oxygen atoms in total. The van der Waals surface area contributed by atoms with E-state index < -0.39 is 41.6 Å². The summed E-state index contributed by atoms with van der Waals surface area (Å²) in [5, 5.41) is 8.84. The maximum absolute atomic E-state index is 13.8. The zero-order valence-corrected chi connectivity index (χ0v) is 34.1. The average molecular weight is 828 g/mol. The molecule has 0 aliphatic rings. The molecule has 2 aromatic rings. The number of halogens is 2. The standard InChI is InChI=1S/C38H56Cl2N6O10/c1-38(2,3)56-37(51)46(32-9-5-7-14-42-32)16-8-6-10-34(48)44-30(11-12-33(47)43-15-18-54-20-22-55-21-19-53-17-13-41)36(50)45-31(26-35(49)52-4)27-23-28(39)25-29(40)24-27/h5,7,9,14,23-25,30-31H,6,8,10-13,15-22,26,41H2,1-4H3,(H,43,47)(H,44,48)(H,45,50)/t30-,31?/m0/s1. The second kappa shape index (κ2) is 26.7. The van der Waals surface area contributed by atoms with Crippen LogP contribution in [0.15, 0.2) is 42.6 Å². The Labute approximate surface area is 338 Å². The Morgan fingerprint density at radius 1 is 0.857 bits per heavy atom. The van der Waals surface area contributed by atoms with Gasteiger partial charge in [0.2, 0.25) is 17.7 Å². The molecule has 0 fully saturated rings. The molecule has 1 heterocycles. The van der Waals surface area contributed by atoms with Crippen LogP contribution in [0.2, 0.25) is 10.0 Å². The number of nitrogens with zero attached hydrogens (tertiary/aromatic N) is 2. The first-order valence-corrected chi connectivity index (χ1v) is 19.2. The predicted octanol–water partition coefficient (Wildman–Crippen LogP) is 4.11. The van der Waals surface area contributed by atoms with E-state index in [1.807, 2.05) is 0 Å². The minimum absolute atomic E-state index is 0.0115. The maximum Gasteiger partial charge on any atom is 0.416 e. The minimum Gasteiger partial charge on any atom is -0.469 e. The number of aromatic nitrogens is 1. The summed E-state index contributed by atoms with van der Waals surface area (Å²) in [4.78, 5) is 70.7. The Balaban J connectivity index is 2.04. The van der Waals surface area contributed by atoms with Gasteiger partial charge in [0.15, 0.2) is 0 Å². The Hall–Kier alpha value is -4.06. The molecule has 4 amide bonds. The van der Waals surface area contributed by atoms with Gasteiger partial charge < -0.3 is 45.4 Å². The third kappa shape index (κ3) is 20.7.